The number of rotatable bonds is 1. The molecule has 0 bridgehead atoms. The standard InChI is InChI=1S/C7H4Br2O3.BH2O3.Na/c8-4-2-1-3(7(11)12)6(10)5(4)9;2-1(3)4;/h1-2,10H,(H,11,12);2-3H;/q;-1;+1. The van der Waals surface area contributed by atoms with E-state index in [1.54, 1.807) is 6.07 Å². The molecule has 0 aliphatic carbocycles. The van der Waals surface area contributed by atoms with E-state index >= 15 is 0 Å². The summed E-state index contributed by atoms with van der Waals surface area (Å²) in [7, 11) is -2.42. The molecular formula is C7H6BBr2NaO6. The van der Waals surface area contributed by atoms with E-state index in [4.69, 9.17) is 20.2 Å². The number of carboxylic acids is 1. The van der Waals surface area contributed by atoms with Crippen molar-refractivity contribution in [1.29, 1.82) is 0 Å². The molecule has 10 heteroatoms. The van der Waals surface area contributed by atoms with Crippen molar-refractivity contribution < 1.29 is 59.6 Å². The molecule has 0 atom stereocenters. The fourth-order valence-electron chi connectivity index (χ4n) is 0.713. The van der Waals surface area contributed by atoms with Crippen molar-refractivity contribution in [2.24, 2.45) is 0 Å². The van der Waals surface area contributed by atoms with E-state index < -0.39 is 13.3 Å². The summed E-state index contributed by atoms with van der Waals surface area (Å²) in [4.78, 5) is 10.5. The summed E-state index contributed by atoms with van der Waals surface area (Å²) in [5.74, 6) is -1.42. The van der Waals surface area contributed by atoms with Crippen LogP contribution < -0.4 is 34.6 Å². The van der Waals surface area contributed by atoms with Gasteiger partial charge < -0.3 is 25.3 Å². The van der Waals surface area contributed by atoms with Gasteiger partial charge in [0.2, 0.25) is 0 Å². The summed E-state index contributed by atoms with van der Waals surface area (Å²) in [6.07, 6.45) is 0. The van der Waals surface area contributed by atoms with Crippen LogP contribution in [-0.2, 0) is 0 Å². The van der Waals surface area contributed by atoms with E-state index in [1.165, 1.54) is 6.07 Å². The average molecular weight is 380 g/mol. The third-order valence-electron chi connectivity index (χ3n) is 1.30. The van der Waals surface area contributed by atoms with Gasteiger partial charge in [-0.1, -0.05) is 0 Å². The van der Waals surface area contributed by atoms with Gasteiger partial charge in [0.15, 0.2) is 0 Å². The topological polar surface area (TPSA) is 121 Å². The number of halogens is 2. The van der Waals surface area contributed by atoms with Crippen LogP contribution in [0.4, 0.5) is 0 Å². The molecule has 0 spiro atoms. The first-order valence-electron chi connectivity index (χ1n) is 3.69. The summed E-state index contributed by atoms with van der Waals surface area (Å²) in [5, 5.41) is 40.6. The minimum Gasteiger partial charge on any atom is -0.832 e. The maximum absolute atomic E-state index is 10.5. The predicted molar refractivity (Wildman–Crippen MR) is 60.7 cm³/mol. The van der Waals surface area contributed by atoms with E-state index in [2.05, 4.69) is 31.9 Å². The largest absolute Gasteiger partial charge is 1.00 e. The van der Waals surface area contributed by atoms with Gasteiger partial charge in [0.05, 0.1) is 4.47 Å². The summed E-state index contributed by atoms with van der Waals surface area (Å²) < 4.78 is 0.965. The monoisotopic (exact) mass is 378 g/mol. The number of phenols is 1. The molecule has 0 amide bonds. The Hall–Kier alpha value is 0.395. The predicted octanol–water partition coefficient (Wildman–Crippen LogP) is -3.06. The van der Waals surface area contributed by atoms with Gasteiger partial charge in [0, 0.05) is 4.47 Å². The first kappa shape index (κ1) is 19.7. The SMILES string of the molecule is O=C(O)c1ccc(Br)c(Br)c1O.[Na+].[O-]B(O)O. The van der Waals surface area contributed by atoms with Crippen LogP contribution in [0.5, 0.6) is 5.75 Å². The van der Waals surface area contributed by atoms with Crippen LogP contribution in [0.2, 0.25) is 0 Å². The molecule has 6 nitrogen and oxygen atoms in total. The Bertz CT molecular complexity index is 386. The Kier molecular flexibility index (Phi) is 10.8. The zero-order valence-electron chi connectivity index (χ0n) is 8.59. The van der Waals surface area contributed by atoms with Crippen molar-refractivity contribution in [3.8, 4) is 5.75 Å². The Morgan fingerprint density at radius 3 is 2.06 bits per heavy atom. The van der Waals surface area contributed by atoms with Gasteiger partial charge in [-0.3, -0.25) is 0 Å². The van der Waals surface area contributed by atoms with Crippen LogP contribution in [0.15, 0.2) is 21.1 Å². The second-order valence-corrected chi connectivity index (χ2v) is 4.04. The molecular weight excluding hydrogens is 374 g/mol. The van der Waals surface area contributed by atoms with Gasteiger partial charge in [-0.05, 0) is 44.0 Å². The van der Waals surface area contributed by atoms with E-state index in [-0.39, 0.29) is 40.9 Å². The molecule has 0 unspecified atom stereocenters. The molecule has 0 heterocycles. The third kappa shape index (κ3) is 7.42. The molecule has 0 saturated heterocycles. The van der Waals surface area contributed by atoms with E-state index in [0.717, 1.165) is 0 Å². The Labute approximate surface area is 136 Å². The summed E-state index contributed by atoms with van der Waals surface area (Å²) in [6, 6.07) is 2.87. The number of aromatic hydroxyl groups is 1. The van der Waals surface area contributed by atoms with Gasteiger partial charge in [-0.25, -0.2) is 4.79 Å². The van der Waals surface area contributed by atoms with E-state index in [1.807, 2.05) is 0 Å². The van der Waals surface area contributed by atoms with Crippen LogP contribution in [0.25, 0.3) is 0 Å². The smallest absolute Gasteiger partial charge is 0.832 e. The minimum atomic E-state index is -2.42. The fourth-order valence-corrected chi connectivity index (χ4v) is 1.38. The number of hydrogen-bond donors (Lipinski definition) is 4. The second-order valence-electron chi connectivity index (χ2n) is 2.39. The molecule has 1 aromatic carbocycles. The summed E-state index contributed by atoms with van der Waals surface area (Å²) >= 11 is 6.17. The normalized spacial score (nSPS) is 8.53. The van der Waals surface area contributed by atoms with Gasteiger partial charge in [-0.2, -0.15) is 0 Å². The molecule has 0 saturated carbocycles. The minimum absolute atomic E-state index is 0. The van der Waals surface area contributed by atoms with Crippen molar-refractivity contribution in [3.63, 3.8) is 0 Å². The number of carbonyl (C=O) groups is 1. The van der Waals surface area contributed by atoms with Gasteiger partial charge in [0.25, 0.3) is 0 Å². The zero-order valence-corrected chi connectivity index (χ0v) is 13.8. The average Bonchev–Trinajstić information content (AvgIpc) is 2.13. The fraction of sp³-hybridized carbons (Fsp3) is 0. The Balaban J connectivity index is 0. The van der Waals surface area contributed by atoms with Crippen molar-refractivity contribution in [2.75, 3.05) is 0 Å². The molecule has 17 heavy (non-hydrogen) atoms. The molecule has 4 N–H and O–H groups in total. The molecule has 0 aliphatic rings. The van der Waals surface area contributed by atoms with Crippen molar-refractivity contribution >= 4 is 45.2 Å². The number of carboxylic acid groups (broad SMARTS) is 1. The van der Waals surface area contributed by atoms with Crippen LogP contribution >= 0.6 is 31.9 Å². The van der Waals surface area contributed by atoms with Gasteiger partial charge in [0.1, 0.15) is 11.3 Å². The van der Waals surface area contributed by atoms with E-state index in [9.17, 15) is 9.90 Å². The maximum Gasteiger partial charge on any atom is 1.00 e. The Morgan fingerprint density at radius 2 is 1.71 bits per heavy atom. The number of hydrogen-bond acceptors (Lipinski definition) is 5. The van der Waals surface area contributed by atoms with Crippen LogP contribution in [0, 0.1) is 0 Å². The maximum atomic E-state index is 10.5. The first-order valence-corrected chi connectivity index (χ1v) is 5.28. The molecule has 88 valence electrons. The van der Waals surface area contributed by atoms with Gasteiger partial charge >= 0.3 is 42.8 Å². The van der Waals surface area contributed by atoms with Crippen molar-refractivity contribution in [1.82, 2.24) is 0 Å². The Morgan fingerprint density at radius 1 is 1.29 bits per heavy atom. The van der Waals surface area contributed by atoms with Crippen LogP contribution in [-0.4, -0.2) is 33.6 Å². The number of benzene rings is 1. The number of aromatic carboxylic acids is 1. The van der Waals surface area contributed by atoms with Crippen molar-refractivity contribution in [3.05, 3.63) is 26.6 Å². The summed E-state index contributed by atoms with van der Waals surface area (Å²) in [5.41, 5.74) is -0.120. The molecule has 1 aromatic rings. The van der Waals surface area contributed by atoms with Crippen LogP contribution in [0.3, 0.4) is 0 Å². The zero-order chi connectivity index (χ0) is 12.9. The quantitative estimate of drug-likeness (QED) is 0.384. The molecule has 1 rings (SSSR count). The summed E-state index contributed by atoms with van der Waals surface area (Å²) in [6.45, 7) is 0. The van der Waals surface area contributed by atoms with Gasteiger partial charge in [-0.15, -0.1) is 0 Å². The molecule has 0 aliphatic heterocycles. The van der Waals surface area contributed by atoms with E-state index in [0.29, 0.717) is 8.95 Å². The molecule has 0 radical (unpaired) electrons. The van der Waals surface area contributed by atoms with Crippen LogP contribution in [0.1, 0.15) is 10.4 Å². The molecule has 0 aromatic heterocycles. The first-order chi connectivity index (χ1) is 7.27. The van der Waals surface area contributed by atoms with Crippen molar-refractivity contribution in [2.45, 2.75) is 0 Å². The molecule has 0 fully saturated rings. The second kappa shape index (κ2) is 9.34. The third-order valence-corrected chi connectivity index (χ3v) is 3.30.